The zero-order chi connectivity index (χ0) is 17.3. The van der Waals surface area contributed by atoms with Gasteiger partial charge in [-0.15, -0.1) is 0 Å². The molecule has 0 fully saturated rings. The van der Waals surface area contributed by atoms with Gasteiger partial charge in [0, 0.05) is 0 Å². The third-order valence-electron chi connectivity index (χ3n) is 3.13. The molecule has 9 heteroatoms. The number of rotatable bonds is 3. The van der Waals surface area contributed by atoms with Crippen molar-refractivity contribution < 1.29 is 12.8 Å². The lowest BCUT2D eigenvalue weighted by molar-refractivity contribution is 0.599. The average molecular weight is 363 g/mol. The first-order valence-electron chi connectivity index (χ1n) is 6.55. The molecule has 1 heterocycles. The fraction of sp³-hybridized carbons (Fsp3) is 0. The molecule has 3 rings (SSSR count). The lowest BCUT2D eigenvalue weighted by Gasteiger charge is -2.09. The van der Waals surface area contributed by atoms with Gasteiger partial charge in [-0.1, -0.05) is 23.7 Å². The number of sulfonamides is 1. The number of halogens is 2. The summed E-state index contributed by atoms with van der Waals surface area (Å²) in [6.45, 7) is 0. The second kappa shape index (κ2) is 6.03. The number of nitrogens with one attached hydrogen (secondary N) is 1. The molecule has 0 radical (unpaired) electrons. The van der Waals surface area contributed by atoms with Gasteiger partial charge in [0.1, 0.15) is 11.9 Å². The van der Waals surface area contributed by atoms with Gasteiger partial charge in [0.05, 0.1) is 21.5 Å². The average Bonchev–Trinajstić information content (AvgIpc) is 2.55. The molecular formula is C15H8ClFN4O2S. The van der Waals surface area contributed by atoms with Crippen LogP contribution in [0.25, 0.3) is 11.0 Å². The Labute approximate surface area is 141 Å². The van der Waals surface area contributed by atoms with Gasteiger partial charge >= 0.3 is 0 Å². The van der Waals surface area contributed by atoms with E-state index in [1.165, 1.54) is 0 Å². The predicted molar refractivity (Wildman–Crippen MR) is 86.5 cm³/mol. The summed E-state index contributed by atoms with van der Waals surface area (Å²) in [5.74, 6) is -0.960. The third kappa shape index (κ3) is 2.99. The Hall–Kier alpha value is -2.76. The fourth-order valence-electron chi connectivity index (χ4n) is 1.99. The molecule has 1 aromatic heterocycles. The Kier molecular flexibility index (Phi) is 4.05. The van der Waals surface area contributed by atoms with Crippen LogP contribution in [0.1, 0.15) is 5.56 Å². The number of para-hydroxylation sites is 2. The summed E-state index contributed by atoms with van der Waals surface area (Å²) in [6, 6.07) is 11.3. The van der Waals surface area contributed by atoms with Crippen LogP contribution in [0.4, 0.5) is 10.2 Å². The minimum Gasteiger partial charge on any atom is -0.261 e. The van der Waals surface area contributed by atoms with Crippen LogP contribution in [0, 0.1) is 17.1 Å². The summed E-state index contributed by atoms with van der Waals surface area (Å²) in [5, 5.41) is 8.69. The second-order valence-electron chi connectivity index (χ2n) is 4.71. The van der Waals surface area contributed by atoms with E-state index < -0.39 is 15.8 Å². The monoisotopic (exact) mass is 362 g/mol. The van der Waals surface area contributed by atoms with E-state index in [4.69, 9.17) is 16.9 Å². The van der Waals surface area contributed by atoms with E-state index in [1.807, 2.05) is 0 Å². The molecule has 0 aliphatic rings. The van der Waals surface area contributed by atoms with E-state index >= 15 is 0 Å². The molecule has 0 unspecified atom stereocenters. The van der Waals surface area contributed by atoms with E-state index in [-0.39, 0.29) is 21.4 Å². The summed E-state index contributed by atoms with van der Waals surface area (Å²) >= 11 is 5.97. The molecule has 0 saturated heterocycles. The van der Waals surface area contributed by atoms with Crippen molar-refractivity contribution in [3.8, 4) is 6.07 Å². The van der Waals surface area contributed by atoms with Crippen molar-refractivity contribution in [1.82, 2.24) is 9.97 Å². The highest BCUT2D eigenvalue weighted by atomic mass is 35.5. The van der Waals surface area contributed by atoms with Crippen LogP contribution in [-0.2, 0) is 10.0 Å². The summed E-state index contributed by atoms with van der Waals surface area (Å²) in [6.07, 6.45) is 0. The van der Waals surface area contributed by atoms with Gasteiger partial charge in [-0.3, -0.25) is 4.72 Å². The summed E-state index contributed by atoms with van der Waals surface area (Å²) in [5.41, 5.74) is 0.587. The van der Waals surface area contributed by atoms with Crippen molar-refractivity contribution >= 4 is 38.5 Å². The minimum atomic E-state index is -4.11. The van der Waals surface area contributed by atoms with Crippen LogP contribution < -0.4 is 4.72 Å². The first-order chi connectivity index (χ1) is 11.4. The highest BCUT2D eigenvalue weighted by molar-refractivity contribution is 7.92. The van der Waals surface area contributed by atoms with Gasteiger partial charge < -0.3 is 0 Å². The molecule has 2 aromatic carbocycles. The molecule has 0 bridgehead atoms. The van der Waals surface area contributed by atoms with Gasteiger partial charge in [0.15, 0.2) is 11.0 Å². The van der Waals surface area contributed by atoms with Crippen LogP contribution in [0.15, 0.2) is 47.4 Å². The smallest absolute Gasteiger partial charge is 0.261 e. The first-order valence-corrected chi connectivity index (χ1v) is 8.41. The maximum absolute atomic E-state index is 13.3. The molecule has 0 amide bonds. The quantitative estimate of drug-likeness (QED) is 0.772. The lowest BCUT2D eigenvalue weighted by Crippen LogP contribution is -2.15. The van der Waals surface area contributed by atoms with Crippen molar-refractivity contribution in [3.63, 3.8) is 0 Å². The Bertz CT molecular complexity index is 1100. The summed E-state index contributed by atoms with van der Waals surface area (Å²) in [7, 11) is -4.11. The molecule has 0 aliphatic heterocycles. The molecule has 0 atom stereocenters. The maximum atomic E-state index is 13.3. The third-order valence-corrected chi connectivity index (χ3v) is 4.73. The Balaban J connectivity index is 2.04. The number of fused-ring (bicyclic) bond motifs is 1. The number of nitriles is 1. The minimum absolute atomic E-state index is 0.125. The van der Waals surface area contributed by atoms with E-state index in [0.717, 1.165) is 18.2 Å². The molecule has 6 nitrogen and oxygen atoms in total. The number of aromatic nitrogens is 2. The first kappa shape index (κ1) is 16.1. The van der Waals surface area contributed by atoms with Crippen LogP contribution >= 0.6 is 11.6 Å². The number of nitrogens with zero attached hydrogens (tertiary/aromatic N) is 3. The summed E-state index contributed by atoms with van der Waals surface area (Å²) in [4.78, 5) is 7.90. The van der Waals surface area contributed by atoms with Crippen LogP contribution in [0.3, 0.4) is 0 Å². The number of anilines is 1. The normalized spacial score (nSPS) is 11.2. The predicted octanol–water partition coefficient (Wildman–Crippen LogP) is 3.09. The molecule has 24 heavy (non-hydrogen) atoms. The van der Waals surface area contributed by atoms with Crippen molar-refractivity contribution in [3.05, 3.63) is 59.0 Å². The van der Waals surface area contributed by atoms with Crippen molar-refractivity contribution in [1.29, 1.82) is 5.26 Å². The molecular weight excluding hydrogens is 355 g/mol. The fourth-order valence-corrected chi connectivity index (χ4v) is 3.26. The van der Waals surface area contributed by atoms with Crippen molar-refractivity contribution in [2.45, 2.75) is 4.90 Å². The van der Waals surface area contributed by atoms with Crippen molar-refractivity contribution in [2.75, 3.05) is 4.72 Å². The highest BCUT2D eigenvalue weighted by Crippen LogP contribution is 2.24. The number of benzene rings is 2. The zero-order valence-corrected chi connectivity index (χ0v) is 13.4. The number of hydrogen-bond donors (Lipinski definition) is 1. The van der Waals surface area contributed by atoms with Crippen molar-refractivity contribution in [2.24, 2.45) is 0 Å². The standard InChI is InChI=1S/C15H8ClFN4O2S/c16-14-15(20-13-4-2-1-3-12(13)19-14)21-24(22,23)10-5-6-11(17)9(7-10)8-18/h1-7H,(H,20,21). The molecule has 1 N–H and O–H groups in total. The zero-order valence-electron chi connectivity index (χ0n) is 11.9. The van der Waals surface area contributed by atoms with Gasteiger partial charge in [-0.25, -0.2) is 22.8 Å². The lowest BCUT2D eigenvalue weighted by atomic mass is 10.2. The SMILES string of the molecule is N#Cc1cc(S(=O)(=O)Nc2nc3ccccc3nc2Cl)ccc1F. The molecule has 0 saturated carbocycles. The van der Waals surface area contributed by atoms with E-state index in [0.29, 0.717) is 11.0 Å². The van der Waals surface area contributed by atoms with Crippen LogP contribution in [0.2, 0.25) is 5.15 Å². The van der Waals surface area contributed by atoms with Crippen LogP contribution in [-0.4, -0.2) is 18.4 Å². The van der Waals surface area contributed by atoms with Gasteiger partial charge in [0.2, 0.25) is 0 Å². The van der Waals surface area contributed by atoms with Gasteiger partial charge in [-0.05, 0) is 30.3 Å². The molecule has 0 spiro atoms. The molecule has 0 aliphatic carbocycles. The Morgan fingerprint density at radius 3 is 2.46 bits per heavy atom. The van der Waals surface area contributed by atoms with Gasteiger partial charge in [-0.2, -0.15) is 5.26 Å². The van der Waals surface area contributed by atoms with E-state index in [2.05, 4.69) is 14.7 Å². The Morgan fingerprint density at radius 2 is 1.79 bits per heavy atom. The highest BCUT2D eigenvalue weighted by Gasteiger charge is 2.19. The number of hydrogen-bond acceptors (Lipinski definition) is 5. The summed E-state index contributed by atoms with van der Waals surface area (Å²) < 4.78 is 40.3. The topological polar surface area (TPSA) is 95.7 Å². The molecule has 3 aromatic rings. The molecule has 120 valence electrons. The Morgan fingerprint density at radius 1 is 1.12 bits per heavy atom. The van der Waals surface area contributed by atoms with Gasteiger partial charge in [0.25, 0.3) is 10.0 Å². The van der Waals surface area contributed by atoms with E-state index in [1.54, 1.807) is 30.3 Å². The van der Waals surface area contributed by atoms with E-state index in [9.17, 15) is 12.8 Å². The second-order valence-corrected chi connectivity index (χ2v) is 6.75. The maximum Gasteiger partial charge on any atom is 0.263 e. The van der Waals surface area contributed by atoms with Crippen LogP contribution in [0.5, 0.6) is 0 Å². The largest absolute Gasteiger partial charge is 0.263 e.